The minimum atomic E-state index is -1.03. The molecule has 0 aromatic heterocycles. The molecular weight excluding hydrogens is 318 g/mol. The smallest absolute Gasteiger partial charge is 0.341 e. The Balaban J connectivity index is 2.14. The summed E-state index contributed by atoms with van der Waals surface area (Å²) in [7, 11) is 0. The zero-order valence-corrected chi connectivity index (χ0v) is 14.7. The maximum absolute atomic E-state index is 12.8. The van der Waals surface area contributed by atoms with Crippen molar-refractivity contribution in [2.45, 2.75) is 26.7 Å². The fourth-order valence-corrected chi connectivity index (χ4v) is 2.72. The van der Waals surface area contributed by atoms with Gasteiger partial charge < -0.3 is 15.2 Å². The van der Waals surface area contributed by atoms with E-state index in [9.17, 15) is 9.59 Å². The molecule has 0 aliphatic rings. The minimum absolute atomic E-state index is 0.0662. The third kappa shape index (κ3) is 5.08. The van der Waals surface area contributed by atoms with Gasteiger partial charge in [-0.2, -0.15) is 0 Å². The van der Waals surface area contributed by atoms with Crippen molar-refractivity contribution < 1.29 is 19.4 Å². The highest BCUT2D eigenvalue weighted by molar-refractivity contribution is 5.96. The van der Waals surface area contributed by atoms with E-state index < -0.39 is 12.6 Å². The summed E-state index contributed by atoms with van der Waals surface area (Å²) in [6, 6.07) is 14.8. The van der Waals surface area contributed by atoms with Crippen LogP contribution in [0.25, 0.3) is 0 Å². The molecule has 5 heteroatoms. The number of aliphatic carboxylic acids is 1. The number of carboxylic acids is 1. The normalized spacial score (nSPS) is 11.8. The van der Waals surface area contributed by atoms with Crippen molar-refractivity contribution in [3.8, 4) is 5.75 Å². The van der Waals surface area contributed by atoms with Gasteiger partial charge in [-0.1, -0.05) is 44.2 Å². The summed E-state index contributed by atoms with van der Waals surface area (Å²) in [6.45, 7) is 5.49. The molecule has 0 aliphatic heterocycles. The lowest BCUT2D eigenvalue weighted by Crippen LogP contribution is -2.25. The highest BCUT2D eigenvalue weighted by atomic mass is 16.5. The van der Waals surface area contributed by atoms with E-state index in [1.54, 1.807) is 18.2 Å². The first kappa shape index (κ1) is 18.5. The lowest BCUT2D eigenvalue weighted by atomic mass is 9.87. The molecule has 0 heterocycles. The summed E-state index contributed by atoms with van der Waals surface area (Å²) >= 11 is 0. The third-order valence-corrected chi connectivity index (χ3v) is 3.93. The van der Waals surface area contributed by atoms with E-state index >= 15 is 0 Å². The molecule has 0 saturated heterocycles. The predicted octanol–water partition coefficient (Wildman–Crippen LogP) is 3.84. The summed E-state index contributed by atoms with van der Waals surface area (Å²) in [4.78, 5) is 23.3. The van der Waals surface area contributed by atoms with Gasteiger partial charge in [0.15, 0.2) is 6.61 Å². The maximum Gasteiger partial charge on any atom is 0.341 e. The molecule has 2 aromatic carbocycles. The number of ether oxygens (including phenoxy) is 1. The average Bonchev–Trinajstić information content (AvgIpc) is 2.56. The van der Waals surface area contributed by atoms with Crippen molar-refractivity contribution in [2.24, 2.45) is 5.92 Å². The highest BCUT2D eigenvalue weighted by Gasteiger charge is 2.24. The number of carbonyl (C=O) groups is 2. The number of anilines is 1. The summed E-state index contributed by atoms with van der Waals surface area (Å²) in [5.41, 5.74) is 2.48. The molecule has 1 unspecified atom stereocenters. The molecule has 0 fully saturated rings. The molecule has 1 amide bonds. The fraction of sp³-hybridized carbons (Fsp3) is 0.300. The quantitative estimate of drug-likeness (QED) is 0.802. The van der Waals surface area contributed by atoms with Crippen LogP contribution in [0.3, 0.4) is 0 Å². The second kappa shape index (κ2) is 8.33. The van der Waals surface area contributed by atoms with E-state index in [0.29, 0.717) is 11.4 Å². The van der Waals surface area contributed by atoms with Crippen molar-refractivity contribution >= 4 is 17.6 Å². The molecule has 0 radical (unpaired) electrons. The molecule has 132 valence electrons. The maximum atomic E-state index is 12.8. The topological polar surface area (TPSA) is 75.6 Å². The first-order chi connectivity index (χ1) is 11.9. The second-order valence-corrected chi connectivity index (χ2v) is 6.28. The van der Waals surface area contributed by atoms with Gasteiger partial charge in [0, 0.05) is 5.69 Å². The van der Waals surface area contributed by atoms with Gasteiger partial charge in [-0.05, 0) is 42.2 Å². The van der Waals surface area contributed by atoms with E-state index in [1.165, 1.54) is 0 Å². The number of carbonyl (C=O) groups excluding carboxylic acids is 1. The number of rotatable bonds is 7. The number of carboxylic acid groups (broad SMARTS) is 1. The van der Waals surface area contributed by atoms with E-state index in [0.717, 1.165) is 11.1 Å². The van der Waals surface area contributed by atoms with Crippen LogP contribution >= 0.6 is 0 Å². The Morgan fingerprint density at radius 3 is 2.36 bits per heavy atom. The largest absolute Gasteiger partial charge is 0.482 e. The van der Waals surface area contributed by atoms with Crippen molar-refractivity contribution in [1.29, 1.82) is 0 Å². The van der Waals surface area contributed by atoms with Crippen LogP contribution in [0.1, 0.15) is 30.9 Å². The van der Waals surface area contributed by atoms with Gasteiger partial charge in [0.2, 0.25) is 5.91 Å². The van der Waals surface area contributed by atoms with Gasteiger partial charge in [0.1, 0.15) is 5.75 Å². The predicted molar refractivity (Wildman–Crippen MR) is 97.0 cm³/mol. The minimum Gasteiger partial charge on any atom is -0.482 e. The third-order valence-electron chi connectivity index (χ3n) is 3.93. The molecule has 2 rings (SSSR count). The fourth-order valence-electron chi connectivity index (χ4n) is 2.72. The molecule has 0 saturated carbocycles. The standard InChI is InChI=1S/C20H23NO4/c1-13(2)19(15-7-5-4-6-8-15)20(24)21-17-10-9-16(11-14(17)3)25-12-18(22)23/h4-11,13,19H,12H2,1-3H3,(H,21,24)(H,22,23). The Kier molecular flexibility index (Phi) is 6.17. The molecule has 0 bridgehead atoms. The molecule has 25 heavy (non-hydrogen) atoms. The number of benzene rings is 2. The Labute approximate surface area is 147 Å². The van der Waals surface area contributed by atoms with Crippen LogP contribution in [0.4, 0.5) is 5.69 Å². The monoisotopic (exact) mass is 341 g/mol. The Bertz CT molecular complexity index is 741. The molecule has 0 aliphatic carbocycles. The zero-order chi connectivity index (χ0) is 18.4. The highest BCUT2D eigenvalue weighted by Crippen LogP contribution is 2.28. The molecular formula is C20H23NO4. The van der Waals surface area contributed by atoms with Gasteiger partial charge in [-0.25, -0.2) is 4.79 Å². The van der Waals surface area contributed by atoms with Crippen LogP contribution in [0.5, 0.6) is 5.75 Å². The van der Waals surface area contributed by atoms with Gasteiger partial charge in [0.05, 0.1) is 5.92 Å². The average molecular weight is 341 g/mol. The van der Waals surface area contributed by atoms with Crippen molar-refractivity contribution in [2.75, 3.05) is 11.9 Å². The van der Waals surface area contributed by atoms with Gasteiger partial charge in [-0.3, -0.25) is 4.79 Å². The summed E-state index contributed by atoms with van der Waals surface area (Å²) < 4.78 is 5.15. The van der Waals surface area contributed by atoms with E-state index in [1.807, 2.05) is 51.1 Å². The van der Waals surface area contributed by atoms with Gasteiger partial charge >= 0.3 is 5.97 Å². The first-order valence-corrected chi connectivity index (χ1v) is 8.19. The van der Waals surface area contributed by atoms with Crippen LogP contribution in [0.2, 0.25) is 0 Å². The van der Waals surface area contributed by atoms with Crippen LogP contribution in [0.15, 0.2) is 48.5 Å². The van der Waals surface area contributed by atoms with Gasteiger partial charge in [0.25, 0.3) is 0 Å². The van der Waals surface area contributed by atoms with Crippen molar-refractivity contribution in [3.05, 3.63) is 59.7 Å². The lowest BCUT2D eigenvalue weighted by molar-refractivity contribution is -0.139. The number of aryl methyl sites for hydroxylation is 1. The zero-order valence-electron chi connectivity index (χ0n) is 14.7. The molecule has 0 spiro atoms. The van der Waals surface area contributed by atoms with Crippen LogP contribution in [-0.2, 0) is 9.59 Å². The van der Waals surface area contributed by atoms with Crippen molar-refractivity contribution in [1.82, 2.24) is 0 Å². The molecule has 5 nitrogen and oxygen atoms in total. The first-order valence-electron chi connectivity index (χ1n) is 8.19. The lowest BCUT2D eigenvalue weighted by Gasteiger charge is -2.21. The molecule has 2 aromatic rings. The van der Waals surface area contributed by atoms with Crippen LogP contribution < -0.4 is 10.1 Å². The molecule has 1 atom stereocenters. The van der Waals surface area contributed by atoms with Gasteiger partial charge in [-0.15, -0.1) is 0 Å². The Morgan fingerprint density at radius 1 is 1.12 bits per heavy atom. The summed E-state index contributed by atoms with van der Waals surface area (Å²) in [5.74, 6) is -0.730. The number of nitrogens with one attached hydrogen (secondary N) is 1. The van der Waals surface area contributed by atoms with Crippen molar-refractivity contribution in [3.63, 3.8) is 0 Å². The number of hydrogen-bond donors (Lipinski definition) is 2. The van der Waals surface area contributed by atoms with Crippen LogP contribution in [-0.4, -0.2) is 23.6 Å². The molecule has 2 N–H and O–H groups in total. The Hall–Kier alpha value is -2.82. The van der Waals surface area contributed by atoms with E-state index in [-0.39, 0.29) is 17.7 Å². The van der Waals surface area contributed by atoms with E-state index in [4.69, 9.17) is 9.84 Å². The van der Waals surface area contributed by atoms with E-state index in [2.05, 4.69) is 5.32 Å². The Morgan fingerprint density at radius 2 is 1.80 bits per heavy atom. The van der Waals surface area contributed by atoms with Crippen LogP contribution in [0, 0.1) is 12.8 Å². The SMILES string of the molecule is Cc1cc(OCC(=O)O)ccc1NC(=O)C(c1ccccc1)C(C)C. The summed E-state index contributed by atoms with van der Waals surface area (Å²) in [5, 5.41) is 11.6. The summed E-state index contributed by atoms with van der Waals surface area (Å²) in [6.07, 6.45) is 0. The number of hydrogen-bond acceptors (Lipinski definition) is 3. The second-order valence-electron chi connectivity index (χ2n) is 6.28. The number of amides is 1.